The quantitative estimate of drug-likeness (QED) is 0.841. The Morgan fingerprint density at radius 1 is 1.61 bits per heavy atom. The molecule has 5 nitrogen and oxygen atoms in total. The summed E-state index contributed by atoms with van der Waals surface area (Å²) < 4.78 is 5.05. The van der Waals surface area contributed by atoms with E-state index in [-0.39, 0.29) is 30.8 Å². The van der Waals surface area contributed by atoms with Gasteiger partial charge in [0.1, 0.15) is 0 Å². The predicted molar refractivity (Wildman–Crippen MR) is 76.5 cm³/mol. The average Bonchev–Trinajstić information content (AvgIpc) is 2.74. The summed E-state index contributed by atoms with van der Waals surface area (Å²) in [5, 5.41) is 5.33. The molecule has 1 aromatic rings. The van der Waals surface area contributed by atoms with Crippen molar-refractivity contribution < 1.29 is 9.53 Å². The van der Waals surface area contributed by atoms with Crippen LogP contribution in [-0.2, 0) is 9.53 Å². The van der Waals surface area contributed by atoms with E-state index in [0.717, 1.165) is 5.69 Å². The highest BCUT2D eigenvalue weighted by atomic mass is 35.5. The van der Waals surface area contributed by atoms with Crippen molar-refractivity contribution in [2.24, 2.45) is 5.73 Å². The molecule has 0 saturated carbocycles. The summed E-state index contributed by atoms with van der Waals surface area (Å²) >= 11 is 1.43. The van der Waals surface area contributed by atoms with Gasteiger partial charge in [-0.15, -0.1) is 23.7 Å². The molecule has 1 unspecified atom stereocenters. The van der Waals surface area contributed by atoms with E-state index in [9.17, 15) is 4.79 Å². The Bertz CT molecular complexity index is 367. The minimum absolute atomic E-state index is 0. The van der Waals surface area contributed by atoms with E-state index in [0.29, 0.717) is 17.6 Å². The van der Waals surface area contributed by atoms with Gasteiger partial charge >= 0.3 is 0 Å². The van der Waals surface area contributed by atoms with Gasteiger partial charge in [-0.3, -0.25) is 4.79 Å². The van der Waals surface area contributed by atoms with E-state index in [1.54, 1.807) is 7.11 Å². The number of nitrogens with two attached hydrogens (primary N) is 1. The molecule has 0 bridgehead atoms. The smallest absolute Gasteiger partial charge is 0.228 e. The molecular formula is C11H20ClN3O2S. The molecule has 7 heteroatoms. The molecule has 104 valence electrons. The average molecular weight is 294 g/mol. The lowest BCUT2D eigenvalue weighted by atomic mass is 10.2. The number of nitrogens with zero attached hydrogens (tertiary/aromatic N) is 1. The van der Waals surface area contributed by atoms with Crippen molar-refractivity contribution in [3.8, 4) is 0 Å². The Kier molecular flexibility index (Phi) is 8.10. The van der Waals surface area contributed by atoms with Gasteiger partial charge in [-0.05, 0) is 5.92 Å². The predicted octanol–water partition coefficient (Wildman–Crippen LogP) is 1.99. The van der Waals surface area contributed by atoms with Crippen LogP contribution in [0.3, 0.4) is 0 Å². The number of halogens is 1. The zero-order chi connectivity index (χ0) is 12.8. The maximum Gasteiger partial charge on any atom is 0.228 e. The second kappa shape index (κ2) is 8.42. The summed E-state index contributed by atoms with van der Waals surface area (Å²) in [5.41, 5.74) is 6.44. The van der Waals surface area contributed by atoms with Gasteiger partial charge < -0.3 is 15.8 Å². The zero-order valence-corrected chi connectivity index (χ0v) is 12.4. The highest BCUT2D eigenvalue weighted by Gasteiger charge is 2.13. The summed E-state index contributed by atoms with van der Waals surface area (Å²) in [4.78, 5) is 16.0. The maximum absolute atomic E-state index is 11.6. The van der Waals surface area contributed by atoms with Crippen LogP contribution in [0.2, 0.25) is 0 Å². The van der Waals surface area contributed by atoms with Crippen LogP contribution in [0.25, 0.3) is 0 Å². The lowest BCUT2D eigenvalue weighted by Crippen LogP contribution is -2.28. The molecule has 1 amide bonds. The van der Waals surface area contributed by atoms with Gasteiger partial charge in [0.15, 0.2) is 5.13 Å². The molecule has 0 aliphatic carbocycles. The summed E-state index contributed by atoms with van der Waals surface area (Å²) in [7, 11) is 1.55. The van der Waals surface area contributed by atoms with E-state index in [1.165, 1.54) is 11.3 Å². The van der Waals surface area contributed by atoms with Crippen LogP contribution in [0, 0.1) is 0 Å². The Morgan fingerprint density at radius 2 is 2.28 bits per heavy atom. The fourth-order valence-electron chi connectivity index (χ4n) is 1.25. The van der Waals surface area contributed by atoms with E-state index < -0.39 is 0 Å². The first kappa shape index (κ1) is 17.3. The summed E-state index contributed by atoms with van der Waals surface area (Å²) in [6.45, 7) is 4.46. The number of ether oxygens (including phenoxy) is 1. The van der Waals surface area contributed by atoms with Gasteiger partial charge in [0, 0.05) is 19.0 Å². The molecule has 0 radical (unpaired) electrons. The van der Waals surface area contributed by atoms with Gasteiger partial charge in [0.05, 0.1) is 18.2 Å². The van der Waals surface area contributed by atoms with Crippen LogP contribution in [-0.4, -0.2) is 30.6 Å². The van der Waals surface area contributed by atoms with Crippen molar-refractivity contribution in [1.82, 2.24) is 4.98 Å². The number of thiazole rings is 1. The molecule has 0 saturated heterocycles. The normalized spacial score (nSPS) is 12.1. The molecule has 0 aromatic carbocycles. The third-order valence-electron chi connectivity index (χ3n) is 2.37. The summed E-state index contributed by atoms with van der Waals surface area (Å²) in [6.07, 6.45) is 0.0170. The molecule has 1 aromatic heterocycles. The number of methoxy groups -OCH3 is 1. The largest absolute Gasteiger partial charge is 0.380 e. The molecule has 1 atom stereocenters. The summed E-state index contributed by atoms with van der Waals surface area (Å²) in [6, 6.07) is 0. The molecule has 18 heavy (non-hydrogen) atoms. The van der Waals surface area contributed by atoms with Crippen molar-refractivity contribution in [3.05, 3.63) is 11.1 Å². The SMILES string of the molecule is COC(CN)CC(=O)Nc1nc(C(C)C)cs1.Cl. The van der Waals surface area contributed by atoms with Gasteiger partial charge in [-0.2, -0.15) is 0 Å². The molecule has 0 spiro atoms. The van der Waals surface area contributed by atoms with Crippen LogP contribution in [0.15, 0.2) is 5.38 Å². The molecular weight excluding hydrogens is 274 g/mol. The Balaban J connectivity index is 0.00000289. The van der Waals surface area contributed by atoms with Gasteiger partial charge in [-0.25, -0.2) is 4.98 Å². The lowest BCUT2D eigenvalue weighted by molar-refractivity contribution is -0.118. The first-order chi connectivity index (χ1) is 8.06. The molecule has 1 rings (SSSR count). The second-order valence-electron chi connectivity index (χ2n) is 4.08. The van der Waals surface area contributed by atoms with Gasteiger partial charge in [0.2, 0.25) is 5.91 Å². The Hall–Kier alpha value is -0.690. The van der Waals surface area contributed by atoms with Crippen molar-refractivity contribution in [2.75, 3.05) is 19.0 Å². The standard InChI is InChI=1S/C11H19N3O2S.ClH/c1-7(2)9-6-17-11(13-9)14-10(15)4-8(5-12)16-3;/h6-8H,4-5,12H2,1-3H3,(H,13,14,15);1H. The highest BCUT2D eigenvalue weighted by Crippen LogP contribution is 2.21. The van der Waals surface area contributed by atoms with E-state index in [1.807, 2.05) is 5.38 Å². The zero-order valence-electron chi connectivity index (χ0n) is 10.8. The molecule has 0 fully saturated rings. The molecule has 0 aliphatic heterocycles. The number of anilines is 1. The Labute approximate surface area is 118 Å². The van der Waals surface area contributed by atoms with Crippen molar-refractivity contribution in [2.45, 2.75) is 32.3 Å². The monoisotopic (exact) mass is 293 g/mol. The third kappa shape index (κ3) is 5.30. The first-order valence-corrected chi connectivity index (χ1v) is 6.43. The van der Waals surface area contributed by atoms with Crippen molar-refractivity contribution in [3.63, 3.8) is 0 Å². The number of carbonyl (C=O) groups is 1. The number of nitrogens with one attached hydrogen (secondary N) is 1. The van der Waals surface area contributed by atoms with Gasteiger partial charge in [-0.1, -0.05) is 13.8 Å². The topological polar surface area (TPSA) is 77.2 Å². The second-order valence-corrected chi connectivity index (χ2v) is 4.94. The van der Waals surface area contributed by atoms with Crippen LogP contribution < -0.4 is 11.1 Å². The number of hydrogen-bond acceptors (Lipinski definition) is 5. The Morgan fingerprint density at radius 3 is 2.72 bits per heavy atom. The van der Waals surface area contributed by atoms with Crippen molar-refractivity contribution >= 4 is 34.8 Å². The van der Waals surface area contributed by atoms with Crippen molar-refractivity contribution in [1.29, 1.82) is 0 Å². The first-order valence-electron chi connectivity index (χ1n) is 5.55. The van der Waals surface area contributed by atoms with Crippen LogP contribution in [0.1, 0.15) is 31.9 Å². The van der Waals surface area contributed by atoms with E-state index >= 15 is 0 Å². The number of hydrogen-bond donors (Lipinski definition) is 2. The minimum atomic E-state index is -0.237. The number of rotatable bonds is 6. The van der Waals surface area contributed by atoms with Gasteiger partial charge in [0.25, 0.3) is 0 Å². The van der Waals surface area contributed by atoms with Crippen LogP contribution in [0.4, 0.5) is 5.13 Å². The third-order valence-corrected chi connectivity index (χ3v) is 3.15. The molecule has 1 heterocycles. The number of amides is 1. The number of carbonyl (C=O) groups excluding carboxylic acids is 1. The molecule has 0 aliphatic rings. The number of aromatic nitrogens is 1. The van der Waals surface area contributed by atoms with Crippen LogP contribution in [0.5, 0.6) is 0 Å². The lowest BCUT2D eigenvalue weighted by Gasteiger charge is -2.11. The maximum atomic E-state index is 11.6. The van der Waals surface area contributed by atoms with Crippen LogP contribution >= 0.6 is 23.7 Å². The fraction of sp³-hybridized carbons (Fsp3) is 0.636. The fourth-order valence-corrected chi connectivity index (χ4v) is 2.14. The molecule has 3 N–H and O–H groups in total. The summed E-state index contributed by atoms with van der Waals surface area (Å²) in [5.74, 6) is 0.250. The van der Waals surface area contributed by atoms with E-state index in [2.05, 4.69) is 24.1 Å². The van der Waals surface area contributed by atoms with E-state index in [4.69, 9.17) is 10.5 Å². The minimum Gasteiger partial charge on any atom is -0.380 e. The highest BCUT2D eigenvalue weighted by molar-refractivity contribution is 7.13.